The molecule has 0 atom stereocenters. The first-order chi connectivity index (χ1) is 7.68. The smallest absolute Gasteiger partial charge is 0.342 e. The van der Waals surface area contributed by atoms with E-state index >= 15 is 0 Å². The van der Waals surface area contributed by atoms with E-state index in [9.17, 15) is 10.0 Å². The number of carbonyl (C=O) groups is 1. The Labute approximate surface area is 94.1 Å². The van der Waals surface area contributed by atoms with Crippen LogP contribution in [0.5, 0.6) is 0 Å². The third-order valence-electron chi connectivity index (χ3n) is 3.24. The Kier molecular flexibility index (Phi) is 3.08. The van der Waals surface area contributed by atoms with E-state index in [2.05, 4.69) is 0 Å². The SMILES string of the molecule is O=C(O)c1c[n+]([O-])ccc1C1CCCCC1. The Hall–Kier alpha value is -1.58. The monoisotopic (exact) mass is 221 g/mol. The number of aromatic nitrogens is 1. The third kappa shape index (κ3) is 2.15. The molecule has 0 spiro atoms. The molecule has 0 unspecified atom stereocenters. The quantitative estimate of drug-likeness (QED) is 0.614. The first kappa shape index (κ1) is 10.9. The van der Waals surface area contributed by atoms with Crippen molar-refractivity contribution >= 4 is 5.97 Å². The van der Waals surface area contributed by atoms with Gasteiger partial charge in [-0.2, -0.15) is 4.73 Å². The van der Waals surface area contributed by atoms with Gasteiger partial charge in [-0.3, -0.25) is 0 Å². The number of rotatable bonds is 2. The standard InChI is InChI=1S/C12H15NO3/c14-12(15)11-8-13(16)7-6-10(11)9-4-2-1-3-5-9/h6-9H,1-5H2,(H,14,15). The summed E-state index contributed by atoms with van der Waals surface area (Å²) in [6.07, 6.45) is 8.13. The lowest BCUT2D eigenvalue weighted by Gasteiger charge is -2.22. The number of carboxylic acids is 1. The maximum Gasteiger partial charge on any atom is 0.342 e. The molecule has 0 radical (unpaired) electrons. The average Bonchev–Trinajstić information content (AvgIpc) is 2.30. The van der Waals surface area contributed by atoms with E-state index in [0.717, 1.165) is 37.4 Å². The van der Waals surface area contributed by atoms with Gasteiger partial charge in [0.1, 0.15) is 5.56 Å². The lowest BCUT2D eigenvalue weighted by molar-refractivity contribution is -0.605. The molecule has 4 heteroatoms. The molecule has 1 heterocycles. The Morgan fingerprint density at radius 2 is 2.06 bits per heavy atom. The molecule has 1 aromatic rings. The lowest BCUT2D eigenvalue weighted by Crippen LogP contribution is -2.27. The van der Waals surface area contributed by atoms with E-state index in [0.29, 0.717) is 10.6 Å². The number of hydrogen-bond acceptors (Lipinski definition) is 2. The molecule has 1 aliphatic rings. The van der Waals surface area contributed by atoms with E-state index < -0.39 is 5.97 Å². The van der Waals surface area contributed by atoms with Crippen molar-refractivity contribution in [3.8, 4) is 0 Å². The molecule has 0 aromatic carbocycles. The van der Waals surface area contributed by atoms with Crippen molar-refractivity contribution in [1.29, 1.82) is 0 Å². The fourth-order valence-corrected chi connectivity index (χ4v) is 2.44. The van der Waals surface area contributed by atoms with Crippen molar-refractivity contribution in [3.63, 3.8) is 0 Å². The molecule has 0 amide bonds. The summed E-state index contributed by atoms with van der Waals surface area (Å²) in [4.78, 5) is 11.1. The molecule has 2 rings (SSSR count). The Balaban J connectivity index is 2.34. The Morgan fingerprint density at radius 1 is 1.38 bits per heavy atom. The second-order valence-corrected chi connectivity index (χ2v) is 4.31. The fourth-order valence-electron chi connectivity index (χ4n) is 2.44. The Bertz CT molecular complexity index is 397. The van der Waals surface area contributed by atoms with Crippen LogP contribution in [0.2, 0.25) is 0 Å². The molecule has 1 aliphatic carbocycles. The van der Waals surface area contributed by atoms with Crippen LogP contribution in [-0.4, -0.2) is 11.1 Å². The average molecular weight is 221 g/mol. The summed E-state index contributed by atoms with van der Waals surface area (Å²) >= 11 is 0. The highest BCUT2D eigenvalue weighted by Crippen LogP contribution is 2.33. The van der Waals surface area contributed by atoms with Crippen LogP contribution in [0.25, 0.3) is 0 Å². The zero-order valence-electron chi connectivity index (χ0n) is 9.06. The third-order valence-corrected chi connectivity index (χ3v) is 3.24. The van der Waals surface area contributed by atoms with Crippen molar-refractivity contribution in [1.82, 2.24) is 0 Å². The summed E-state index contributed by atoms with van der Waals surface area (Å²) in [5.41, 5.74) is 0.976. The zero-order valence-corrected chi connectivity index (χ0v) is 9.06. The number of hydrogen-bond donors (Lipinski definition) is 1. The summed E-state index contributed by atoms with van der Waals surface area (Å²) in [5.74, 6) is -0.702. The van der Waals surface area contributed by atoms with E-state index in [4.69, 9.17) is 5.11 Å². The minimum Gasteiger partial charge on any atom is -0.619 e. The van der Waals surface area contributed by atoms with Crippen molar-refractivity contribution in [2.45, 2.75) is 38.0 Å². The molecule has 0 saturated heterocycles. The minimum atomic E-state index is -1.01. The second kappa shape index (κ2) is 4.51. The molecule has 1 N–H and O–H groups in total. The first-order valence-corrected chi connectivity index (χ1v) is 5.64. The molecule has 1 saturated carbocycles. The molecule has 1 aromatic heterocycles. The maximum absolute atomic E-state index is 11.1. The summed E-state index contributed by atoms with van der Waals surface area (Å²) in [5, 5.41) is 20.2. The van der Waals surface area contributed by atoms with Gasteiger partial charge in [-0.15, -0.1) is 0 Å². The molecular weight excluding hydrogens is 206 g/mol. The predicted molar refractivity (Wildman–Crippen MR) is 58.2 cm³/mol. The van der Waals surface area contributed by atoms with Crippen LogP contribution in [0, 0.1) is 5.21 Å². The van der Waals surface area contributed by atoms with Gasteiger partial charge in [0.15, 0.2) is 12.4 Å². The van der Waals surface area contributed by atoms with Crippen LogP contribution in [0.15, 0.2) is 18.5 Å². The van der Waals surface area contributed by atoms with Gasteiger partial charge in [0.05, 0.1) is 0 Å². The zero-order chi connectivity index (χ0) is 11.5. The van der Waals surface area contributed by atoms with Crippen LogP contribution in [0.3, 0.4) is 0 Å². The topological polar surface area (TPSA) is 64.2 Å². The van der Waals surface area contributed by atoms with Gasteiger partial charge >= 0.3 is 5.97 Å². The van der Waals surface area contributed by atoms with Gasteiger partial charge in [-0.25, -0.2) is 4.79 Å². The summed E-state index contributed by atoms with van der Waals surface area (Å²) in [6.45, 7) is 0. The van der Waals surface area contributed by atoms with Gasteiger partial charge in [0, 0.05) is 6.07 Å². The van der Waals surface area contributed by atoms with Crippen LogP contribution >= 0.6 is 0 Å². The molecule has 86 valence electrons. The number of nitrogens with zero attached hydrogens (tertiary/aromatic N) is 1. The highest BCUT2D eigenvalue weighted by molar-refractivity contribution is 5.88. The van der Waals surface area contributed by atoms with Crippen molar-refractivity contribution in [2.75, 3.05) is 0 Å². The predicted octanol–water partition coefficient (Wildman–Crippen LogP) is 2.07. The molecule has 1 fully saturated rings. The maximum atomic E-state index is 11.1. The van der Waals surface area contributed by atoms with Crippen LogP contribution in [0.4, 0.5) is 0 Å². The minimum absolute atomic E-state index is 0.157. The van der Waals surface area contributed by atoms with E-state index in [1.807, 2.05) is 0 Å². The fraction of sp³-hybridized carbons (Fsp3) is 0.500. The van der Waals surface area contributed by atoms with Crippen LogP contribution < -0.4 is 4.73 Å². The van der Waals surface area contributed by atoms with Crippen molar-refractivity contribution in [3.05, 3.63) is 34.8 Å². The van der Waals surface area contributed by atoms with Crippen molar-refractivity contribution < 1.29 is 14.6 Å². The van der Waals surface area contributed by atoms with Gasteiger partial charge in [-0.05, 0) is 24.3 Å². The summed E-state index contributed by atoms with van der Waals surface area (Å²) in [7, 11) is 0. The van der Waals surface area contributed by atoms with Crippen LogP contribution in [0.1, 0.15) is 53.9 Å². The van der Waals surface area contributed by atoms with E-state index in [1.165, 1.54) is 12.6 Å². The summed E-state index contributed by atoms with van der Waals surface area (Å²) < 4.78 is 0.551. The summed E-state index contributed by atoms with van der Waals surface area (Å²) in [6, 6.07) is 1.66. The first-order valence-electron chi connectivity index (χ1n) is 5.64. The number of pyridine rings is 1. The van der Waals surface area contributed by atoms with Gasteiger partial charge < -0.3 is 10.3 Å². The molecule has 16 heavy (non-hydrogen) atoms. The second-order valence-electron chi connectivity index (χ2n) is 4.31. The number of carboxylic acid groups (broad SMARTS) is 1. The van der Waals surface area contributed by atoms with E-state index in [1.54, 1.807) is 6.07 Å². The largest absolute Gasteiger partial charge is 0.619 e. The lowest BCUT2D eigenvalue weighted by atomic mass is 9.83. The molecule has 0 aliphatic heterocycles. The highest BCUT2D eigenvalue weighted by atomic mass is 16.5. The van der Waals surface area contributed by atoms with Gasteiger partial charge in [-0.1, -0.05) is 19.3 Å². The van der Waals surface area contributed by atoms with Crippen molar-refractivity contribution in [2.24, 2.45) is 0 Å². The normalized spacial score (nSPS) is 17.2. The molecule has 0 bridgehead atoms. The van der Waals surface area contributed by atoms with Gasteiger partial charge in [0.25, 0.3) is 0 Å². The highest BCUT2D eigenvalue weighted by Gasteiger charge is 2.23. The molecular formula is C12H15NO3. The molecule has 4 nitrogen and oxygen atoms in total. The Morgan fingerprint density at radius 3 is 2.69 bits per heavy atom. The van der Waals surface area contributed by atoms with Crippen LogP contribution in [-0.2, 0) is 0 Å². The number of aromatic carboxylic acids is 1. The van der Waals surface area contributed by atoms with Gasteiger partial charge in [0.2, 0.25) is 0 Å². The van der Waals surface area contributed by atoms with E-state index in [-0.39, 0.29) is 5.56 Å².